The van der Waals surface area contributed by atoms with E-state index in [-0.39, 0.29) is 5.56 Å². The minimum absolute atomic E-state index is 0.180. The highest BCUT2D eigenvalue weighted by atomic mass is 32.1. The molecule has 4 aromatic heterocycles. The van der Waals surface area contributed by atoms with Crippen molar-refractivity contribution < 1.29 is 8.83 Å². The van der Waals surface area contributed by atoms with Crippen LogP contribution < -0.4 is 10.1 Å². The van der Waals surface area contributed by atoms with Gasteiger partial charge in [0.25, 0.3) is 5.56 Å². The molecule has 21 heavy (non-hydrogen) atoms. The molecule has 0 spiro atoms. The summed E-state index contributed by atoms with van der Waals surface area (Å²) >= 11 is 1.27. The average molecular weight is 299 g/mol. The van der Waals surface area contributed by atoms with Gasteiger partial charge in [-0.05, 0) is 31.2 Å². The van der Waals surface area contributed by atoms with Crippen molar-refractivity contribution in [1.29, 1.82) is 0 Å². The van der Waals surface area contributed by atoms with Crippen molar-refractivity contribution in [3.63, 3.8) is 0 Å². The van der Waals surface area contributed by atoms with Gasteiger partial charge in [-0.25, -0.2) is 4.40 Å². The van der Waals surface area contributed by atoms with Crippen LogP contribution in [0.5, 0.6) is 0 Å². The second-order valence-electron chi connectivity index (χ2n) is 4.48. The summed E-state index contributed by atoms with van der Waals surface area (Å²) in [6.07, 6.45) is 3.24. The number of rotatable bonds is 2. The summed E-state index contributed by atoms with van der Waals surface area (Å²) in [7, 11) is 0. The first-order valence-corrected chi connectivity index (χ1v) is 7.04. The van der Waals surface area contributed by atoms with Gasteiger partial charge in [0.1, 0.15) is 16.1 Å². The smallest absolute Gasteiger partial charge is 0.276 e. The molecule has 104 valence electrons. The van der Waals surface area contributed by atoms with Crippen molar-refractivity contribution in [2.75, 3.05) is 0 Å². The van der Waals surface area contributed by atoms with Crippen molar-refractivity contribution in [3.05, 3.63) is 56.9 Å². The highest BCUT2D eigenvalue weighted by molar-refractivity contribution is 7.15. The highest BCUT2D eigenvalue weighted by Crippen LogP contribution is 2.18. The number of hydrogen-bond donors (Lipinski definition) is 0. The molecule has 0 radical (unpaired) electrons. The molecule has 0 aromatic carbocycles. The topological polar surface area (TPSA) is 73.5 Å². The van der Waals surface area contributed by atoms with E-state index in [2.05, 4.69) is 10.2 Å². The van der Waals surface area contributed by atoms with E-state index in [1.165, 1.54) is 22.0 Å². The molecule has 0 saturated heterocycles. The Kier molecular flexibility index (Phi) is 2.55. The third-order valence-electron chi connectivity index (χ3n) is 3.02. The SMILES string of the molecule is Cc1ccc(/C=c2\sc3nnc(-c4ccco4)n3c2=O)o1. The van der Waals surface area contributed by atoms with Crippen molar-refractivity contribution in [3.8, 4) is 11.6 Å². The van der Waals surface area contributed by atoms with Gasteiger partial charge in [-0.15, -0.1) is 10.2 Å². The molecule has 0 atom stereocenters. The third-order valence-corrected chi connectivity index (χ3v) is 3.98. The zero-order valence-electron chi connectivity index (χ0n) is 10.9. The molecule has 0 N–H and O–H groups in total. The Balaban J connectivity index is 1.96. The van der Waals surface area contributed by atoms with Crippen LogP contribution in [-0.4, -0.2) is 14.6 Å². The van der Waals surface area contributed by atoms with Crippen LogP contribution in [0.2, 0.25) is 0 Å². The van der Waals surface area contributed by atoms with Gasteiger partial charge >= 0.3 is 0 Å². The molecule has 0 amide bonds. The normalized spacial score (nSPS) is 12.5. The van der Waals surface area contributed by atoms with Crippen molar-refractivity contribution in [2.45, 2.75) is 6.92 Å². The summed E-state index contributed by atoms with van der Waals surface area (Å²) in [6, 6.07) is 7.16. The van der Waals surface area contributed by atoms with E-state index in [0.717, 1.165) is 5.76 Å². The van der Waals surface area contributed by atoms with Gasteiger partial charge in [0.2, 0.25) is 10.8 Å². The molecule has 4 heterocycles. The number of aryl methyl sites for hydroxylation is 1. The van der Waals surface area contributed by atoms with E-state index in [1.807, 2.05) is 19.1 Å². The third kappa shape index (κ3) is 1.90. The van der Waals surface area contributed by atoms with Gasteiger partial charge in [-0.2, -0.15) is 0 Å². The van der Waals surface area contributed by atoms with E-state index in [9.17, 15) is 4.79 Å². The number of furan rings is 2. The van der Waals surface area contributed by atoms with Crippen molar-refractivity contribution >= 4 is 22.4 Å². The molecule has 0 aliphatic heterocycles. The van der Waals surface area contributed by atoms with E-state index >= 15 is 0 Å². The van der Waals surface area contributed by atoms with Crippen molar-refractivity contribution in [2.24, 2.45) is 0 Å². The number of fused-ring (bicyclic) bond motifs is 1. The number of aromatic nitrogens is 3. The number of hydrogen-bond acceptors (Lipinski definition) is 6. The maximum Gasteiger partial charge on any atom is 0.276 e. The fourth-order valence-corrected chi connectivity index (χ4v) is 2.98. The van der Waals surface area contributed by atoms with Crippen LogP contribution in [0.1, 0.15) is 11.5 Å². The molecule has 4 rings (SSSR count). The molecule has 4 aromatic rings. The second-order valence-corrected chi connectivity index (χ2v) is 5.49. The Hall–Kier alpha value is -2.67. The number of thiazole rings is 1. The minimum Gasteiger partial charge on any atom is -0.462 e. The van der Waals surface area contributed by atoms with Crippen LogP contribution >= 0.6 is 11.3 Å². The van der Waals surface area contributed by atoms with Gasteiger partial charge in [0.15, 0.2) is 5.76 Å². The first kappa shape index (κ1) is 12.1. The van der Waals surface area contributed by atoms with Gasteiger partial charge in [-0.3, -0.25) is 4.79 Å². The molecule has 0 unspecified atom stereocenters. The van der Waals surface area contributed by atoms with Crippen LogP contribution in [0, 0.1) is 6.92 Å². The number of nitrogens with zero attached hydrogens (tertiary/aromatic N) is 3. The molecule has 6 nitrogen and oxygen atoms in total. The molecule has 0 fully saturated rings. The average Bonchev–Trinajstić information content (AvgIpc) is 3.19. The summed E-state index contributed by atoms with van der Waals surface area (Å²) in [5.74, 6) is 2.36. The molecular weight excluding hydrogens is 290 g/mol. The predicted octanol–water partition coefficient (Wildman–Crippen LogP) is 1.86. The lowest BCUT2D eigenvalue weighted by atomic mass is 10.4. The molecule has 0 bridgehead atoms. The quantitative estimate of drug-likeness (QED) is 0.565. The van der Waals surface area contributed by atoms with Crippen LogP contribution in [-0.2, 0) is 0 Å². The predicted molar refractivity (Wildman–Crippen MR) is 77.1 cm³/mol. The van der Waals surface area contributed by atoms with Gasteiger partial charge in [0, 0.05) is 6.08 Å². The molecule has 7 heteroatoms. The van der Waals surface area contributed by atoms with E-state index in [4.69, 9.17) is 8.83 Å². The lowest BCUT2D eigenvalue weighted by Gasteiger charge is -1.88. The first-order chi connectivity index (χ1) is 10.2. The van der Waals surface area contributed by atoms with Gasteiger partial charge < -0.3 is 8.83 Å². The summed E-state index contributed by atoms with van der Waals surface area (Å²) < 4.78 is 12.7. The summed E-state index contributed by atoms with van der Waals surface area (Å²) in [6.45, 7) is 1.86. The monoisotopic (exact) mass is 299 g/mol. The first-order valence-electron chi connectivity index (χ1n) is 6.22. The maximum absolute atomic E-state index is 12.5. The highest BCUT2D eigenvalue weighted by Gasteiger charge is 2.15. The fourth-order valence-electron chi connectivity index (χ4n) is 2.09. The lowest BCUT2D eigenvalue weighted by molar-refractivity contribution is 0.525. The molecule has 0 aliphatic rings. The fraction of sp³-hybridized carbons (Fsp3) is 0.0714. The van der Waals surface area contributed by atoms with E-state index in [1.54, 1.807) is 18.2 Å². The summed E-state index contributed by atoms with van der Waals surface area (Å²) in [5.41, 5.74) is -0.180. The van der Waals surface area contributed by atoms with E-state index in [0.29, 0.717) is 26.8 Å². The van der Waals surface area contributed by atoms with Gasteiger partial charge in [-0.1, -0.05) is 11.3 Å². The standard InChI is InChI=1S/C14H9N3O3S/c1-8-4-5-9(20-8)7-11-13(18)17-12(10-3-2-6-19-10)15-16-14(17)21-11/h2-7H,1H3/b11-7-. The Morgan fingerprint density at radius 3 is 2.90 bits per heavy atom. The lowest BCUT2D eigenvalue weighted by Crippen LogP contribution is -2.23. The molecular formula is C14H9N3O3S. The minimum atomic E-state index is -0.180. The largest absolute Gasteiger partial charge is 0.462 e. The zero-order chi connectivity index (χ0) is 14.4. The van der Waals surface area contributed by atoms with Crippen LogP contribution in [0.15, 0.2) is 44.2 Å². The maximum atomic E-state index is 12.5. The Bertz CT molecular complexity index is 1020. The Morgan fingerprint density at radius 2 is 2.19 bits per heavy atom. The van der Waals surface area contributed by atoms with E-state index < -0.39 is 0 Å². The zero-order valence-corrected chi connectivity index (χ0v) is 11.8. The van der Waals surface area contributed by atoms with Crippen LogP contribution in [0.4, 0.5) is 0 Å². The Labute approximate surface area is 122 Å². The summed E-state index contributed by atoms with van der Waals surface area (Å²) in [4.78, 5) is 13.0. The second kappa shape index (κ2) is 4.42. The van der Waals surface area contributed by atoms with Crippen LogP contribution in [0.25, 0.3) is 22.6 Å². The Morgan fingerprint density at radius 1 is 1.29 bits per heavy atom. The summed E-state index contributed by atoms with van der Waals surface area (Å²) in [5, 5.41) is 8.03. The van der Waals surface area contributed by atoms with Crippen molar-refractivity contribution in [1.82, 2.24) is 14.6 Å². The molecule has 0 aliphatic carbocycles. The molecule has 0 saturated carbocycles. The van der Waals surface area contributed by atoms with Gasteiger partial charge in [0.05, 0.1) is 6.26 Å². The van der Waals surface area contributed by atoms with Crippen LogP contribution in [0.3, 0.4) is 0 Å².